The van der Waals surface area contributed by atoms with Crippen molar-refractivity contribution in [1.29, 1.82) is 0 Å². The molecule has 1 heteroatoms. The molecule has 0 saturated carbocycles. The molecule has 510 valence electrons. The Labute approximate surface area is 643 Å². The van der Waals surface area contributed by atoms with E-state index >= 15 is 0 Å². The van der Waals surface area contributed by atoms with Crippen LogP contribution in [0, 0.1) is 0 Å². The molecule has 1 aliphatic heterocycles. The first-order valence-corrected chi connectivity index (χ1v) is 39.4. The number of rotatable bonds is 6. The zero-order chi connectivity index (χ0) is 72.5. The summed E-state index contributed by atoms with van der Waals surface area (Å²) in [5.41, 5.74) is 21.9. The second kappa shape index (κ2) is 21.5. The fourth-order valence-electron chi connectivity index (χ4n) is 22.4. The molecule has 27 rings (SSSR count). The van der Waals surface area contributed by atoms with E-state index in [-0.39, 0.29) is 0 Å². The standard InChI is InChI=1S/C111H61N/c1-3-26-89-77(24-1)78-25-2-4-27-90(78)111(89)91-28-5-7-30-93(91)112(94-31-8-6-29-92(94)111)110-108(87-60-50-75-40-35-65-17-12-22-70-45-55-82(87)103(75)98(65)70)106(85-58-48-73-38-33-63-15-10-20-68-43-53-80(85)101(73)96(63)68)105(84-57-47-72-37-32-62-14-9-19-67-42-52-79(84)100(72)95(62)67)107(86-59-49-74-39-34-64-16-11-21-69-44-54-81(86)102(74)97(64)69)109(110)88-61-51-76-41-36-66-18-13-23-71-46-56-83(88)104(76)99(66)71/h1-61H. The van der Waals surface area contributed by atoms with Crippen LogP contribution in [0.5, 0.6) is 0 Å². The minimum Gasteiger partial charge on any atom is -0.309 e. The van der Waals surface area contributed by atoms with Gasteiger partial charge in [0.1, 0.15) is 0 Å². The summed E-state index contributed by atoms with van der Waals surface area (Å²) in [4.78, 5) is 2.81. The van der Waals surface area contributed by atoms with Crippen molar-refractivity contribution in [2.45, 2.75) is 5.41 Å². The molecular formula is C111H61N. The molecule has 2 aliphatic rings. The van der Waals surface area contributed by atoms with Crippen LogP contribution >= 0.6 is 0 Å². The lowest BCUT2D eigenvalue weighted by atomic mass is 9.64. The van der Waals surface area contributed by atoms with Gasteiger partial charge in [0.05, 0.1) is 22.5 Å². The smallest absolute Gasteiger partial charge is 0.0754 e. The molecule has 1 nitrogen and oxygen atoms in total. The predicted molar refractivity (Wildman–Crippen MR) is 478 cm³/mol. The van der Waals surface area contributed by atoms with Crippen molar-refractivity contribution in [3.8, 4) is 66.8 Å². The van der Waals surface area contributed by atoms with E-state index in [2.05, 4.69) is 375 Å². The Morgan fingerprint density at radius 3 is 0.625 bits per heavy atom. The highest BCUT2D eigenvalue weighted by Gasteiger charge is 2.52. The summed E-state index contributed by atoms with van der Waals surface area (Å²) in [5.74, 6) is 0. The zero-order valence-corrected chi connectivity index (χ0v) is 60.7. The van der Waals surface area contributed by atoms with Gasteiger partial charge >= 0.3 is 0 Å². The number of hydrogen-bond acceptors (Lipinski definition) is 1. The Bertz CT molecular complexity index is 7970. The molecule has 1 aliphatic carbocycles. The number of benzene rings is 25. The van der Waals surface area contributed by atoms with Crippen LogP contribution in [0.3, 0.4) is 0 Å². The SMILES string of the molecule is c1ccc2c(c1)-c1ccccc1C21c2ccccc2N(c2c(-c3ccc4ccc5cccc6ccc3c4c56)c(-c3ccc4ccc5cccc6ccc3c4c56)c(-c3ccc4ccc5cccc6ccc3c4c56)c(-c3ccc4ccc5cccc6ccc3c4c56)c2-c2ccc3ccc4cccc5ccc2c3c45)c2ccccc21. The second-order valence-electron chi connectivity index (χ2n) is 31.8. The molecule has 0 amide bonds. The van der Waals surface area contributed by atoms with E-state index in [9.17, 15) is 0 Å². The molecule has 25 aromatic carbocycles. The van der Waals surface area contributed by atoms with Gasteiger partial charge in [-0.15, -0.1) is 0 Å². The molecule has 0 saturated heterocycles. The molecular weight excluding hydrogens is 1350 g/mol. The van der Waals surface area contributed by atoms with Gasteiger partial charge in [0.15, 0.2) is 0 Å². The van der Waals surface area contributed by atoms with Crippen LogP contribution in [0.15, 0.2) is 370 Å². The Hall–Kier alpha value is -14.5. The number of fused-ring (bicyclic) bond motifs is 9. The van der Waals surface area contributed by atoms with Crippen LogP contribution < -0.4 is 4.90 Å². The van der Waals surface area contributed by atoms with Gasteiger partial charge in [-0.25, -0.2) is 0 Å². The van der Waals surface area contributed by atoms with Gasteiger partial charge in [-0.05, 0) is 240 Å². The fourth-order valence-corrected chi connectivity index (χ4v) is 22.4. The van der Waals surface area contributed by atoms with E-state index in [0.29, 0.717) is 0 Å². The Morgan fingerprint density at radius 2 is 0.348 bits per heavy atom. The van der Waals surface area contributed by atoms with Crippen molar-refractivity contribution >= 4 is 179 Å². The van der Waals surface area contributed by atoms with Crippen molar-refractivity contribution in [2.75, 3.05) is 4.90 Å². The van der Waals surface area contributed by atoms with Crippen molar-refractivity contribution in [3.05, 3.63) is 392 Å². The maximum absolute atomic E-state index is 2.81. The topological polar surface area (TPSA) is 3.24 Å². The third-order valence-electron chi connectivity index (χ3n) is 26.7. The molecule has 25 aromatic rings. The van der Waals surface area contributed by atoms with E-state index in [4.69, 9.17) is 0 Å². The number of hydrogen-bond donors (Lipinski definition) is 0. The number of nitrogens with zero attached hydrogens (tertiary/aromatic N) is 1. The molecule has 0 unspecified atom stereocenters. The Kier molecular flexibility index (Phi) is 11.4. The summed E-state index contributed by atoms with van der Waals surface area (Å²) < 4.78 is 0. The van der Waals surface area contributed by atoms with Crippen molar-refractivity contribution < 1.29 is 0 Å². The maximum Gasteiger partial charge on any atom is 0.0754 e. The molecule has 112 heavy (non-hydrogen) atoms. The number of anilines is 3. The lowest BCUT2D eigenvalue weighted by Crippen LogP contribution is -2.36. The Balaban J connectivity index is 0.967. The summed E-state index contributed by atoms with van der Waals surface area (Å²) >= 11 is 0. The quantitative estimate of drug-likeness (QED) is 0.150. The fraction of sp³-hybridized carbons (Fsp3) is 0.00901. The van der Waals surface area contributed by atoms with Gasteiger partial charge in [-0.1, -0.05) is 358 Å². The minimum atomic E-state index is -0.720. The Morgan fingerprint density at radius 1 is 0.143 bits per heavy atom. The third kappa shape index (κ3) is 7.44. The first-order chi connectivity index (χ1) is 55.6. The highest BCUT2D eigenvalue weighted by atomic mass is 15.2. The van der Waals surface area contributed by atoms with Gasteiger partial charge in [0.25, 0.3) is 0 Å². The molecule has 0 aromatic heterocycles. The van der Waals surface area contributed by atoms with Gasteiger partial charge < -0.3 is 4.90 Å². The van der Waals surface area contributed by atoms with Crippen LogP contribution in [0.4, 0.5) is 17.1 Å². The van der Waals surface area contributed by atoms with Crippen molar-refractivity contribution in [1.82, 2.24) is 0 Å². The largest absolute Gasteiger partial charge is 0.309 e. The molecule has 0 bridgehead atoms. The second-order valence-corrected chi connectivity index (χ2v) is 31.8. The van der Waals surface area contributed by atoms with Crippen molar-refractivity contribution in [2.24, 2.45) is 0 Å². The van der Waals surface area contributed by atoms with Crippen LogP contribution in [-0.2, 0) is 5.41 Å². The summed E-state index contributed by atoms with van der Waals surface area (Å²) in [6.07, 6.45) is 0. The first kappa shape index (κ1) is 59.5. The maximum atomic E-state index is 2.81. The van der Waals surface area contributed by atoms with E-state index in [0.717, 1.165) is 39.3 Å². The monoisotopic (exact) mass is 1410 g/mol. The van der Waals surface area contributed by atoms with Gasteiger partial charge in [-0.3, -0.25) is 0 Å². The highest BCUT2D eigenvalue weighted by Crippen LogP contribution is 2.69. The normalized spacial score (nSPS) is 13.4. The minimum absolute atomic E-state index is 0.720. The predicted octanol–water partition coefficient (Wildman–Crippen LogP) is 30.7. The summed E-state index contributed by atoms with van der Waals surface area (Å²) in [6.45, 7) is 0. The average molecular weight is 1410 g/mol. The van der Waals surface area contributed by atoms with Crippen LogP contribution in [0.2, 0.25) is 0 Å². The summed E-state index contributed by atoms with van der Waals surface area (Å²) in [5, 5.41) is 37.2. The summed E-state index contributed by atoms with van der Waals surface area (Å²) in [6, 6.07) is 145. The van der Waals surface area contributed by atoms with Crippen molar-refractivity contribution in [3.63, 3.8) is 0 Å². The van der Waals surface area contributed by atoms with Crippen LogP contribution in [0.1, 0.15) is 22.3 Å². The van der Waals surface area contributed by atoms with Crippen LogP contribution in [-0.4, -0.2) is 0 Å². The van der Waals surface area contributed by atoms with Gasteiger partial charge in [0, 0.05) is 22.3 Å². The van der Waals surface area contributed by atoms with E-state index in [1.165, 1.54) is 228 Å². The highest BCUT2D eigenvalue weighted by molar-refractivity contribution is 6.37. The van der Waals surface area contributed by atoms with Crippen LogP contribution in [0.25, 0.3) is 228 Å². The molecule has 1 spiro atoms. The first-order valence-electron chi connectivity index (χ1n) is 39.4. The molecule has 0 radical (unpaired) electrons. The lowest BCUT2D eigenvalue weighted by Gasteiger charge is -2.46. The lowest BCUT2D eigenvalue weighted by molar-refractivity contribution is 0.753. The number of para-hydroxylation sites is 2. The summed E-state index contributed by atoms with van der Waals surface area (Å²) in [7, 11) is 0. The third-order valence-corrected chi connectivity index (χ3v) is 26.7. The molecule has 0 fully saturated rings. The molecule has 0 N–H and O–H groups in total. The average Bonchev–Trinajstić information content (AvgIpc) is 1.46. The van der Waals surface area contributed by atoms with E-state index < -0.39 is 5.41 Å². The van der Waals surface area contributed by atoms with Gasteiger partial charge in [-0.2, -0.15) is 0 Å². The zero-order valence-electron chi connectivity index (χ0n) is 60.7. The van der Waals surface area contributed by atoms with Gasteiger partial charge in [0.2, 0.25) is 0 Å². The molecule has 1 heterocycles. The van der Waals surface area contributed by atoms with E-state index in [1.807, 2.05) is 0 Å². The molecule has 0 atom stereocenters. The van der Waals surface area contributed by atoms with E-state index in [1.54, 1.807) is 0 Å².